The molecule has 7 heteroatoms. The Morgan fingerprint density at radius 1 is 1.24 bits per heavy atom. The minimum Gasteiger partial charge on any atom is -0.493 e. The van der Waals surface area contributed by atoms with Gasteiger partial charge >= 0.3 is 5.97 Å². The molecule has 0 spiro atoms. The number of aromatic nitrogens is 2. The highest BCUT2D eigenvalue weighted by molar-refractivity contribution is 5.96. The number of H-pyrrole nitrogens is 1. The maximum atomic E-state index is 12.6. The van der Waals surface area contributed by atoms with Crippen LogP contribution in [0.15, 0.2) is 18.2 Å². The molecule has 7 nitrogen and oxygen atoms in total. The maximum absolute atomic E-state index is 12.6. The Kier molecular flexibility index (Phi) is 3.91. The number of fused-ring (bicyclic) bond motifs is 2. The standard InChI is InChI=1S/C18H19N3O4/c22-17(16-12-3-1-2-4-13(12)20-21-16)19-15(18(23)24)11-5-6-14-10(9-11)7-8-25-14/h5-6,9,15H,1-4,7-8H2,(H,19,22)(H,20,21)(H,23,24). The molecule has 2 aliphatic rings. The number of ether oxygens (including phenoxy) is 1. The van der Waals surface area contributed by atoms with Crippen LogP contribution in [-0.4, -0.2) is 33.8 Å². The highest BCUT2D eigenvalue weighted by atomic mass is 16.5. The first-order chi connectivity index (χ1) is 12.1. The van der Waals surface area contributed by atoms with Crippen molar-refractivity contribution in [3.05, 3.63) is 46.3 Å². The third kappa shape index (κ3) is 2.86. The van der Waals surface area contributed by atoms with E-state index in [0.717, 1.165) is 54.7 Å². The van der Waals surface area contributed by atoms with E-state index in [-0.39, 0.29) is 0 Å². The van der Waals surface area contributed by atoms with E-state index in [9.17, 15) is 14.7 Å². The van der Waals surface area contributed by atoms with Crippen molar-refractivity contribution in [3.8, 4) is 5.75 Å². The number of benzene rings is 1. The average molecular weight is 341 g/mol. The lowest BCUT2D eigenvalue weighted by atomic mass is 9.95. The van der Waals surface area contributed by atoms with Gasteiger partial charge in [0.1, 0.15) is 5.75 Å². The van der Waals surface area contributed by atoms with Crippen LogP contribution in [0, 0.1) is 0 Å². The summed E-state index contributed by atoms with van der Waals surface area (Å²) in [4.78, 5) is 24.3. The van der Waals surface area contributed by atoms with E-state index in [1.807, 2.05) is 0 Å². The van der Waals surface area contributed by atoms with Gasteiger partial charge in [-0.15, -0.1) is 0 Å². The van der Waals surface area contributed by atoms with Gasteiger partial charge in [0.05, 0.1) is 6.61 Å². The van der Waals surface area contributed by atoms with Gasteiger partial charge in [-0.05, 0) is 48.9 Å². The van der Waals surface area contributed by atoms with Crippen molar-refractivity contribution in [2.45, 2.75) is 38.1 Å². The van der Waals surface area contributed by atoms with E-state index >= 15 is 0 Å². The molecule has 1 aromatic heterocycles. The summed E-state index contributed by atoms with van der Waals surface area (Å²) in [6.07, 6.45) is 4.51. The Bertz CT molecular complexity index is 843. The van der Waals surface area contributed by atoms with Gasteiger partial charge in [0, 0.05) is 17.7 Å². The Hall–Kier alpha value is -2.83. The van der Waals surface area contributed by atoms with Crippen LogP contribution in [0.4, 0.5) is 0 Å². The molecular weight excluding hydrogens is 322 g/mol. The zero-order chi connectivity index (χ0) is 17.4. The quantitative estimate of drug-likeness (QED) is 0.786. The molecule has 0 fully saturated rings. The highest BCUT2D eigenvalue weighted by Crippen LogP contribution is 2.29. The summed E-state index contributed by atoms with van der Waals surface area (Å²) < 4.78 is 5.45. The summed E-state index contributed by atoms with van der Waals surface area (Å²) in [6, 6.07) is 4.12. The summed E-state index contributed by atoms with van der Waals surface area (Å²) >= 11 is 0. The first-order valence-corrected chi connectivity index (χ1v) is 8.49. The Morgan fingerprint density at radius 2 is 2.08 bits per heavy atom. The molecule has 0 saturated heterocycles. The van der Waals surface area contributed by atoms with Crippen LogP contribution in [0.5, 0.6) is 5.75 Å². The second-order valence-corrected chi connectivity index (χ2v) is 6.45. The number of carboxylic acid groups (broad SMARTS) is 1. The van der Waals surface area contributed by atoms with Crippen LogP contribution in [0.1, 0.15) is 51.8 Å². The second-order valence-electron chi connectivity index (χ2n) is 6.45. The molecule has 1 aliphatic heterocycles. The van der Waals surface area contributed by atoms with Gasteiger partial charge in [-0.1, -0.05) is 6.07 Å². The second kappa shape index (κ2) is 6.23. The molecule has 4 rings (SSSR count). The smallest absolute Gasteiger partial charge is 0.330 e. The van der Waals surface area contributed by atoms with Crippen molar-refractivity contribution in [2.75, 3.05) is 6.61 Å². The molecular formula is C18H19N3O4. The van der Waals surface area contributed by atoms with Crippen molar-refractivity contribution in [1.82, 2.24) is 15.5 Å². The summed E-state index contributed by atoms with van der Waals surface area (Å²) in [5.41, 5.74) is 3.71. The molecule has 2 aromatic rings. The number of nitrogens with zero attached hydrogens (tertiary/aromatic N) is 1. The first-order valence-electron chi connectivity index (χ1n) is 8.49. The van der Waals surface area contributed by atoms with Gasteiger partial charge in [-0.25, -0.2) is 4.79 Å². The van der Waals surface area contributed by atoms with Gasteiger partial charge in [0.25, 0.3) is 5.91 Å². The number of amides is 1. The largest absolute Gasteiger partial charge is 0.493 e. The van der Waals surface area contributed by atoms with Crippen LogP contribution in [0.2, 0.25) is 0 Å². The minimum absolute atomic E-state index is 0.311. The highest BCUT2D eigenvalue weighted by Gasteiger charge is 2.28. The summed E-state index contributed by atoms with van der Waals surface area (Å²) in [6.45, 7) is 0.599. The molecule has 0 radical (unpaired) electrons. The lowest BCUT2D eigenvalue weighted by Gasteiger charge is -2.16. The zero-order valence-electron chi connectivity index (χ0n) is 13.7. The molecule has 0 bridgehead atoms. The predicted molar refractivity (Wildman–Crippen MR) is 88.7 cm³/mol. The molecule has 3 N–H and O–H groups in total. The number of aryl methyl sites for hydroxylation is 1. The van der Waals surface area contributed by atoms with E-state index in [1.54, 1.807) is 18.2 Å². The van der Waals surface area contributed by atoms with Crippen LogP contribution < -0.4 is 10.1 Å². The Morgan fingerprint density at radius 3 is 2.92 bits per heavy atom. The van der Waals surface area contributed by atoms with E-state index in [4.69, 9.17) is 4.74 Å². The number of rotatable bonds is 4. The van der Waals surface area contributed by atoms with Gasteiger partial charge in [0.15, 0.2) is 11.7 Å². The van der Waals surface area contributed by atoms with Crippen molar-refractivity contribution in [2.24, 2.45) is 0 Å². The number of nitrogens with one attached hydrogen (secondary N) is 2. The Balaban J connectivity index is 1.59. The lowest BCUT2D eigenvalue weighted by molar-refractivity contribution is -0.139. The van der Waals surface area contributed by atoms with Crippen molar-refractivity contribution < 1.29 is 19.4 Å². The SMILES string of the molecule is O=C(NC(C(=O)O)c1ccc2c(c1)CCO2)c1n[nH]c2c1CCCC2. The number of aromatic amines is 1. The number of aliphatic carboxylic acids is 1. The lowest BCUT2D eigenvalue weighted by Crippen LogP contribution is -2.34. The number of carbonyl (C=O) groups excluding carboxylic acids is 1. The normalized spacial score (nSPS) is 16.5. The summed E-state index contributed by atoms with van der Waals surface area (Å²) in [5, 5.41) is 19.2. The molecule has 1 aromatic carbocycles. The molecule has 1 aliphatic carbocycles. The predicted octanol–water partition coefficient (Wildman–Crippen LogP) is 1.78. The fourth-order valence-electron chi connectivity index (χ4n) is 3.54. The fraction of sp³-hybridized carbons (Fsp3) is 0.389. The molecule has 0 saturated carbocycles. The van der Waals surface area contributed by atoms with Crippen molar-refractivity contribution in [1.29, 1.82) is 0 Å². The third-order valence-electron chi connectivity index (χ3n) is 4.84. The number of hydrogen-bond donors (Lipinski definition) is 3. The molecule has 1 amide bonds. The summed E-state index contributed by atoms with van der Waals surface area (Å²) in [7, 11) is 0. The van der Waals surface area contributed by atoms with Crippen molar-refractivity contribution in [3.63, 3.8) is 0 Å². The molecule has 25 heavy (non-hydrogen) atoms. The monoisotopic (exact) mass is 341 g/mol. The van der Waals surface area contributed by atoms with E-state index < -0.39 is 17.9 Å². The van der Waals surface area contributed by atoms with Crippen LogP contribution in [0.3, 0.4) is 0 Å². The molecule has 1 atom stereocenters. The number of hydrogen-bond acceptors (Lipinski definition) is 4. The topological polar surface area (TPSA) is 104 Å². The summed E-state index contributed by atoms with van der Waals surface area (Å²) in [5.74, 6) is -0.777. The van der Waals surface area contributed by atoms with Gasteiger partial charge in [0.2, 0.25) is 0 Å². The molecule has 2 heterocycles. The Labute approximate surface area is 144 Å². The van der Waals surface area contributed by atoms with E-state index in [1.165, 1.54) is 0 Å². The fourth-order valence-corrected chi connectivity index (χ4v) is 3.54. The van der Waals surface area contributed by atoms with Gasteiger partial charge in [-0.3, -0.25) is 9.89 Å². The average Bonchev–Trinajstić information content (AvgIpc) is 3.25. The van der Waals surface area contributed by atoms with Crippen LogP contribution >= 0.6 is 0 Å². The van der Waals surface area contributed by atoms with Crippen molar-refractivity contribution >= 4 is 11.9 Å². The van der Waals surface area contributed by atoms with Crippen LogP contribution in [0.25, 0.3) is 0 Å². The first kappa shape index (κ1) is 15.7. The van der Waals surface area contributed by atoms with E-state index in [2.05, 4.69) is 15.5 Å². The van der Waals surface area contributed by atoms with Gasteiger partial charge in [-0.2, -0.15) is 5.10 Å². The number of carboxylic acids is 1. The van der Waals surface area contributed by atoms with Crippen LogP contribution in [-0.2, 0) is 24.1 Å². The number of carbonyl (C=O) groups is 2. The molecule has 130 valence electrons. The zero-order valence-corrected chi connectivity index (χ0v) is 13.7. The molecule has 1 unspecified atom stereocenters. The third-order valence-corrected chi connectivity index (χ3v) is 4.84. The van der Waals surface area contributed by atoms with Gasteiger partial charge < -0.3 is 15.2 Å². The van der Waals surface area contributed by atoms with E-state index in [0.29, 0.717) is 17.9 Å². The maximum Gasteiger partial charge on any atom is 0.330 e. The minimum atomic E-state index is -1.12.